The quantitative estimate of drug-likeness (QED) is 0.545. The van der Waals surface area contributed by atoms with Crippen LogP contribution in [-0.2, 0) is 0 Å². The van der Waals surface area contributed by atoms with Gasteiger partial charge in [0.15, 0.2) is 11.6 Å². The minimum Gasteiger partial charge on any atom is -0.324 e. The molecule has 0 bridgehead atoms. The summed E-state index contributed by atoms with van der Waals surface area (Å²) in [5, 5.41) is 0. The van der Waals surface area contributed by atoms with Crippen molar-refractivity contribution in [2.75, 3.05) is 0 Å². The molecule has 0 fully saturated rings. The molecule has 1 rings (SSSR count). The van der Waals surface area contributed by atoms with Gasteiger partial charge in [-0.2, -0.15) is 13.8 Å². The van der Waals surface area contributed by atoms with Crippen LogP contribution in [0.2, 0.25) is 0 Å². The first kappa shape index (κ1) is 9.91. The molecule has 0 spiro atoms. The van der Waals surface area contributed by atoms with Gasteiger partial charge in [-0.05, 0) is 6.92 Å². The van der Waals surface area contributed by atoms with E-state index >= 15 is 0 Å². The highest BCUT2D eigenvalue weighted by atomic mass is 19.2. The van der Waals surface area contributed by atoms with Crippen LogP contribution in [0.3, 0.4) is 0 Å². The Kier molecular flexibility index (Phi) is 2.51. The molecule has 0 radical (unpaired) electrons. The number of halogens is 4. The summed E-state index contributed by atoms with van der Waals surface area (Å²) in [5.74, 6) is -6.47. The topological polar surface area (TPSA) is 38.9 Å². The van der Waals surface area contributed by atoms with Crippen molar-refractivity contribution in [2.45, 2.75) is 13.0 Å². The summed E-state index contributed by atoms with van der Waals surface area (Å²) in [6.07, 6.45) is 0. The monoisotopic (exact) mass is 194 g/mol. The van der Waals surface area contributed by atoms with Gasteiger partial charge in [0.25, 0.3) is 11.9 Å². The summed E-state index contributed by atoms with van der Waals surface area (Å²) in [6.45, 7) is 1.21. The van der Waals surface area contributed by atoms with E-state index in [2.05, 4.69) is 4.98 Å². The third-order valence-electron chi connectivity index (χ3n) is 1.49. The van der Waals surface area contributed by atoms with Gasteiger partial charge in [0.05, 0.1) is 0 Å². The summed E-state index contributed by atoms with van der Waals surface area (Å²) in [5.41, 5.74) is 4.28. The lowest BCUT2D eigenvalue weighted by Crippen LogP contribution is -2.14. The summed E-state index contributed by atoms with van der Waals surface area (Å²) in [7, 11) is 0. The van der Waals surface area contributed by atoms with Gasteiger partial charge in [-0.3, -0.25) is 0 Å². The second-order valence-electron chi connectivity index (χ2n) is 2.52. The van der Waals surface area contributed by atoms with Gasteiger partial charge in [-0.1, -0.05) is 0 Å². The average molecular weight is 194 g/mol. The molecule has 1 atom stereocenters. The highest BCUT2D eigenvalue weighted by Crippen LogP contribution is 2.21. The van der Waals surface area contributed by atoms with Crippen LogP contribution in [0.15, 0.2) is 0 Å². The van der Waals surface area contributed by atoms with Crippen molar-refractivity contribution in [3.05, 3.63) is 29.1 Å². The van der Waals surface area contributed by atoms with E-state index in [0.29, 0.717) is 0 Å². The van der Waals surface area contributed by atoms with Crippen LogP contribution in [0, 0.1) is 23.5 Å². The first-order valence-electron chi connectivity index (χ1n) is 3.40. The zero-order chi connectivity index (χ0) is 10.2. The van der Waals surface area contributed by atoms with Crippen LogP contribution in [-0.4, -0.2) is 4.98 Å². The smallest absolute Gasteiger partial charge is 0.252 e. The molecule has 1 heterocycles. The van der Waals surface area contributed by atoms with E-state index in [0.717, 1.165) is 0 Å². The van der Waals surface area contributed by atoms with Gasteiger partial charge in [0.1, 0.15) is 0 Å². The summed E-state index contributed by atoms with van der Waals surface area (Å²) in [4.78, 5) is 2.38. The Hall–Kier alpha value is -1.17. The van der Waals surface area contributed by atoms with Crippen LogP contribution >= 0.6 is 0 Å². The van der Waals surface area contributed by atoms with E-state index in [1.54, 1.807) is 0 Å². The fraction of sp³-hybridized carbons (Fsp3) is 0.286. The maximum atomic E-state index is 12.8. The zero-order valence-electron chi connectivity index (χ0n) is 6.61. The Morgan fingerprint density at radius 1 is 1.08 bits per heavy atom. The third-order valence-corrected chi connectivity index (χ3v) is 1.49. The molecule has 13 heavy (non-hydrogen) atoms. The lowest BCUT2D eigenvalue weighted by atomic mass is 10.1. The van der Waals surface area contributed by atoms with Crippen LogP contribution in [0.1, 0.15) is 18.5 Å². The second-order valence-corrected chi connectivity index (χ2v) is 2.52. The first-order chi connectivity index (χ1) is 5.95. The molecule has 0 aliphatic carbocycles. The molecule has 6 heteroatoms. The molecular formula is C7H6F4N2. The van der Waals surface area contributed by atoms with Crippen molar-refractivity contribution in [1.82, 2.24) is 4.98 Å². The second kappa shape index (κ2) is 3.29. The number of nitrogens with zero attached hydrogens (tertiary/aromatic N) is 1. The predicted molar refractivity (Wildman–Crippen MR) is 36.7 cm³/mol. The molecule has 0 unspecified atom stereocenters. The molecule has 1 aromatic heterocycles. The predicted octanol–water partition coefficient (Wildman–Crippen LogP) is 1.66. The van der Waals surface area contributed by atoms with E-state index in [1.807, 2.05) is 0 Å². The van der Waals surface area contributed by atoms with Crippen LogP contribution < -0.4 is 5.73 Å². The summed E-state index contributed by atoms with van der Waals surface area (Å²) >= 11 is 0. The number of hydrogen-bond donors (Lipinski definition) is 1. The van der Waals surface area contributed by atoms with Gasteiger partial charge in [-0.25, -0.2) is 8.78 Å². The van der Waals surface area contributed by atoms with Gasteiger partial charge >= 0.3 is 0 Å². The Labute approximate surface area is 71.4 Å². The van der Waals surface area contributed by atoms with Crippen molar-refractivity contribution >= 4 is 0 Å². The largest absolute Gasteiger partial charge is 0.324 e. The van der Waals surface area contributed by atoms with Gasteiger partial charge in [-0.15, -0.1) is 0 Å². The standard InChI is InChI=1S/C7H6F4N2/c1-2(12)3-4(8)6(10)13-7(11)5(3)9/h2H,12H2,1H3/t2-/m1/s1. The van der Waals surface area contributed by atoms with Gasteiger partial charge in [0, 0.05) is 11.6 Å². The maximum absolute atomic E-state index is 12.8. The first-order valence-corrected chi connectivity index (χ1v) is 3.40. The number of rotatable bonds is 1. The molecule has 0 saturated carbocycles. The Morgan fingerprint density at radius 2 is 1.46 bits per heavy atom. The van der Waals surface area contributed by atoms with E-state index < -0.39 is 35.1 Å². The van der Waals surface area contributed by atoms with Crippen molar-refractivity contribution in [3.63, 3.8) is 0 Å². The Morgan fingerprint density at radius 3 is 1.77 bits per heavy atom. The van der Waals surface area contributed by atoms with Crippen LogP contribution in [0.5, 0.6) is 0 Å². The van der Waals surface area contributed by atoms with Gasteiger partial charge in [0.2, 0.25) is 0 Å². The van der Waals surface area contributed by atoms with Crippen LogP contribution in [0.25, 0.3) is 0 Å². The van der Waals surface area contributed by atoms with Crippen molar-refractivity contribution < 1.29 is 17.6 Å². The average Bonchev–Trinajstić information content (AvgIpc) is 2.01. The summed E-state index contributed by atoms with van der Waals surface area (Å²) in [6, 6.07) is -1.13. The molecule has 0 aliphatic rings. The minimum absolute atomic E-state index is 0.829. The third kappa shape index (κ3) is 1.62. The Bertz CT molecular complexity index is 312. The van der Waals surface area contributed by atoms with E-state index in [4.69, 9.17) is 5.73 Å². The van der Waals surface area contributed by atoms with E-state index in [9.17, 15) is 17.6 Å². The lowest BCUT2D eigenvalue weighted by molar-refractivity contribution is 0.389. The molecule has 0 aliphatic heterocycles. The lowest BCUT2D eigenvalue weighted by Gasteiger charge is -2.08. The highest BCUT2D eigenvalue weighted by Gasteiger charge is 2.22. The zero-order valence-corrected chi connectivity index (χ0v) is 6.61. The number of hydrogen-bond acceptors (Lipinski definition) is 2. The molecule has 2 nitrogen and oxygen atoms in total. The SMILES string of the molecule is C[C@@H](N)c1c(F)c(F)nc(F)c1F. The molecule has 72 valence electrons. The number of pyridine rings is 1. The van der Waals surface area contributed by atoms with Gasteiger partial charge < -0.3 is 5.73 Å². The van der Waals surface area contributed by atoms with Crippen LogP contribution in [0.4, 0.5) is 17.6 Å². The minimum atomic E-state index is -1.69. The molecule has 1 aromatic rings. The molecule has 2 N–H and O–H groups in total. The molecule has 0 amide bonds. The maximum Gasteiger partial charge on any atom is 0.252 e. The Balaban J connectivity index is 3.46. The highest BCUT2D eigenvalue weighted by molar-refractivity contribution is 5.20. The number of aromatic nitrogens is 1. The fourth-order valence-electron chi connectivity index (χ4n) is 0.903. The van der Waals surface area contributed by atoms with E-state index in [1.165, 1.54) is 6.92 Å². The summed E-state index contributed by atoms with van der Waals surface area (Å²) < 4.78 is 50.4. The molecule has 0 aromatic carbocycles. The normalized spacial score (nSPS) is 13.1. The fourth-order valence-corrected chi connectivity index (χ4v) is 0.903. The van der Waals surface area contributed by atoms with E-state index in [-0.39, 0.29) is 0 Å². The number of nitrogens with two attached hydrogens (primary N) is 1. The molecule has 0 saturated heterocycles. The van der Waals surface area contributed by atoms with Crippen molar-refractivity contribution in [2.24, 2.45) is 5.73 Å². The van der Waals surface area contributed by atoms with Crippen molar-refractivity contribution in [3.8, 4) is 0 Å². The van der Waals surface area contributed by atoms with Crippen molar-refractivity contribution in [1.29, 1.82) is 0 Å². The molecular weight excluding hydrogens is 188 g/mol.